The van der Waals surface area contributed by atoms with Crippen LogP contribution in [0.25, 0.3) is 0 Å². The molecule has 3 rings (SSSR count). The lowest BCUT2D eigenvalue weighted by atomic mass is 9.93. The van der Waals surface area contributed by atoms with Crippen LogP contribution >= 0.6 is 0 Å². The SMILES string of the molecule is CC(C)(C)N1CCCC1c1cc(O)ccc1C1CC1. The van der Waals surface area contributed by atoms with Crippen molar-refractivity contribution >= 4 is 0 Å². The summed E-state index contributed by atoms with van der Waals surface area (Å²) in [6.45, 7) is 8.06. The van der Waals surface area contributed by atoms with Crippen molar-refractivity contribution in [1.82, 2.24) is 4.90 Å². The number of nitrogens with zero attached hydrogens (tertiary/aromatic N) is 1. The van der Waals surface area contributed by atoms with Gasteiger partial charge in [-0.1, -0.05) is 6.07 Å². The molecule has 1 unspecified atom stereocenters. The maximum absolute atomic E-state index is 9.87. The summed E-state index contributed by atoms with van der Waals surface area (Å²) in [5.74, 6) is 1.16. The van der Waals surface area contributed by atoms with Gasteiger partial charge >= 0.3 is 0 Å². The molecule has 1 aromatic carbocycles. The summed E-state index contributed by atoms with van der Waals surface area (Å²) in [5.41, 5.74) is 3.07. The maximum atomic E-state index is 9.87. The first-order chi connectivity index (χ1) is 8.97. The van der Waals surface area contributed by atoms with Crippen LogP contribution in [0.2, 0.25) is 0 Å². The minimum Gasteiger partial charge on any atom is -0.508 e. The minimum atomic E-state index is 0.202. The first-order valence-electron chi connectivity index (χ1n) is 7.56. The van der Waals surface area contributed by atoms with Crippen molar-refractivity contribution < 1.29 is 5.11 Å². The molecule has 104 valence electrons. The number of phenols is 1. The van der Waals surface area contributed by atoms with Crippen molar-refractivity contribution in [2.24, 2.45) is 0 Å². The highest BCUT2D eigenvalue weighted by atomic mass is 16.3. The fourth-order valence-electron chi connectivity index (χ4n) is 3.51. The standard InChI is InChI=1S/C17H25NO/c1-17(2,3)18-10-4-5-16(18)15-11-13(19)8-9-14(15)12-6-7-12/h8-9,11-12,16,19H,4-7,10H2,1-3H3. The van der Waals surface area contributed by atoms with Crippen LogP contribution in [0.4, 0.5) is 0 Å². The van der Waals surface area contributed by atoms with Gasteiger partial charge in [-0.25, -0.2) is 0 Å². The van der Waals surface area contributed by atoms with Crippen molar-refractivity contribution in [3.8, 4) is 5.75 Å². The highest BCUT2D eigenvalue weighted by molar-refractivity contribution is 5.41. The van der Waals surface area contributed by atoms with Crippen LogP contribution in [0.15, 0.2) is 18.2 Å². The summed E-state index contributed by atoms with van der Waals surface area (Å²) in [6, 6.07) is 6.51. The zero-order valence-corrected chi connectivity index (χ0v) is 12.3. The molecule has 1 saturated heterocycles. The Bertz CT molecular complexity index is 471. The van der Waals surface area contributed by atoms with Crippen LogP contribution in [0.3, 0.4) is 0 Å². The summed E-state index contributed by atoms with van der Waals surface area (Å²) < 4.78 is 0. The second-order valence-electron chi connectivity index (χ2n) is 7.11. The van der Waals surface area contributed by atoms with Gasteiger partial charge in [0.2, 0.25) is 0 Å². The zero-order valence-electron chi connectivity index (χ0n) is 12.3. The number of hydrogen-bond donors (Lipinski definition) is 1. The molecule has 0 amide bonds. The number of rotatable bonds is 2. The fourth-order valence-corrected chi connectivity index (χ4v) is 3.51. The van der Waals surface area contributed by atoms with E-state index in [1.807, 2.05) is 12.1 Å². The van der Waals surface area contributed by atoms with Gasteiger partial charge in [0, 0.05) is 11.6 Å². The molecule has 1 N–H and O–H groups in total. The summed E-state index contributed by atoms with van der Waals surface area (Å²) in [7, 11) is 0. The monoisotopic (exact) mass is 259 g/mol. The molecule has 1 atom stereocenters. The van der Waals surface area contributed by atoms with Crippen LogP contribution in [-0.2, 0) is 0 Å². The normalized spacial score (nSPS) is 24.9. The molecule has 0 spiro atoms. The Morgan fingerprint density at radius 3 is 2.47 bits per heavy atom. The quantitative estimate of drug-likeness (QED) is 0.860. The Balaban J connectivity index is 1.98. The third-order valence-electron chi connectivity index (χ3n) is 4.56. The van der Waals surface area contributed by atoms with E-state index in [9.17, 15) is 5.11 Å². The molecule has 2 aliphatic rings. The molecule has 1 aromatic rings. The lowest BCUT2D eigenvalue weighted by Gasteiger charge is -2.38. The second-order valence-corrected chi connectivity index (χ2v) is 7.11. The topological polar surface area (TPSA) is 23.5 Å². The van der Waals surface area contributed by atoms with Crippen molar-refractivity contribution in [2.75, 3.05) is 6.54 Å². The van der Waals surface area contributed by atoms with Gasteiger partial charge in [0.05, 0.1) is 0 Å². The molecule has 0 aromatic heterocycles. The lowest BCUT2D eigenvalue weighted by Crippen LogP contribution is -2.40. The molecular formula is C17H25NO. The molecule has 0 bridgehead atoms. The van der Waals surface area contributed by atoms with E-state index in [1.165, 1.54) is 43.4 Å². The van der Waals surface area contributed by atoms with E-state index >= 15 is 0 Å². The predicted molar refractivity (Wildman–Crippen MR) is 78.5 cm³/mol. The van der Waals surface area contributed by atoms with Crippen LogP contribution in [0.1, 0.15) is 69.5 Å². The molecule has 1 aliphatic carbocycles. The molecule has 1 heterocycles. The van der Waals surface area contributed by atoms with Gasteiger partial charge in [-0.2, -0.15) is 0 Å². The third kappa shape index (κ3) is 2.51. The van der Waals surface area contributed by atoms with Gasteiger partial charge in [0.25, 0.3) is 0 Å². The zero-order chi connectivity index (χ0) is 13.6. The second kappa shape index (κ2) is 4.52. The number of likely N-dealkylation sites (tertiary alicyclic amines) is 1. The Hall–Kier alpha value is -1.02. The van der Waals surface area contributed by atoms with Crippen LogP contribution in [-0.4, -0.2) is 22.1 Å². The summed E-state index contributed by atoms with van der Waals surface area (Å²) in [6.07, 6.45) is 5.13. The van der Waals surface area contributed by atoms with Crippen molar-refractivity contribution in [1.29, 1.82) is 0 Å². The minimum absolute atomic E-state index is 0.202. The molecule has 0 radical (unpaired) electrons. The Morgan fingerprint density at radius 2 is 1.84 bits per heavy atom. The highest BCUT2D eigenvalue weighted by Crippen LogP contribution is 2.47. The predicted octanol–water partition coefficient (Wildman–Crippen LogP) is 4.21. The highest BCUT2D eigenvalue weighted by Gasteiger charge is 2.37. The van der Waals surface area contributed by atoms with Crippen LogP contribution < -0.4 is 0 Å². The summed E-state index contributed by atoms with van der Waals surface area (Å²) >= 11 is 0. The molecular weight excluding hydrogens is 234 g/mol. The van der Waals surface area contributed by atoms with E-state index in [1.54, 1.807) is 0 Å². The van der Waals surface area contributed by atoms with Gasteiger partial charge in [0.15, 0.2) is 0 Å². The molecule has 19 heavy (non-hydrogen) atoms. The van der Waals surface area contributed by atoms with Gasteiger partial charge in [-0.3, -0.25) is 4.90 Å². The smallest absolute Gasteiger partial charge is 0.115 e. The largest absolute Gasteiger partial charge is 0.508 e. The number of benzene rings is 1. The van der Waals surface area contributed by atoms with Crippen molar-refractivity contribution in [3.05, 3.63) is 29.3 Å². The van der Waals surface area contributed by atoms with Gasteiger partial charge in [-0.05, 0) is 82.2 Å². The summed E-state index contributed by atoms with van der Waals surface area (Å²) in [5, 5.41) is 9.87. The van der Waals surface area contributed by atoms with Crippen LogP contribution in [0.5, 0.6) is 5.75 Å². The van der Waals surface area contributed by atoms with E-state index in [0.717, 1.165) is 5.92 Å². The Morgan fingerprint density at radius 1 is 1.11 bits per heavy atom. The molecule has 2 nitrogen and oxygen atoms in total. The van der Waals surface area contributed by atoms with Crippen molar-refractivity contribution in [3.63, 3.8) is 0 Å². The van der Waals surface area contributed by atoms with E-state index in [-0.39, 0.29) is 5.54 Å². The molecule has 1 aliphatic heterocycles. The average molecular weight is 259 g/mol. The number of phenolic OH excluding ortho intramolecular Hbond substituents is 1. The first kappa shape index (κ1) is 13.0. The van der Waals surface area contributed by atoms with Crippen molar-refractivity contribution in [2.45, 2.75) is 64.0 Å². The summed E-state index contributed by atoms with van der Waals surface area (Å²) in [4.78, 5) is 2.60. The van der Waals surface area contributed by atoms with Gasteiger partial charge < -0.3 is 5.11 Å². The molecule has 1 saturated carbocycles. The van der Waals surface area contributed by atoms with E-state index in [4.69, 9.17) is 0 Å². The molecule has 2 fully saturated rings. The van der Waals surface area contributed by atoms with Gasteiger partial charge in [-0.15, -0.1) is 0 Å². The lowest BCUT2D eigenvalue weighted by molar-refractivity contribution is 0.121. The van der Waals surface area contributed by atoms with Crippen LogP contribution in [0, 0.1) is 0 Å². The molecule has 2 heteroatoms. The fraction of sp³-hybridized carbons (Fsp3) is 0.647. The third-order valence-corrected chi connectivity index (χ3v) is 4.56. The maximum Gasteiger partial charge on any atom is 0.115 e. The number of aromatic hydroxyl groups is 1. The Labute approximate surface area is 116 Å². The number of hydrogen-bond acceptors (Lipinski definition) is 2. The van der Waals surface area contributed by atoms with E-state index in [0.29, 0.717) is 11.8 Å². The Kier molecular flexibility index (Phi) is 3.09. The van der Waals surface area contributed by atoms with Gasteiger partial charge in [0.1, 0.15) is 5.75 Å². The van der Waals surface area contributed by atoms with E-state index < -0.39 is 0 Å². The van der Waals surface area contributed by atoms with E-state index in [2.05, 4.69) is 31.7 Å². The average Bonchev–Trinajstić information content (AvgIpc) is 3.04. The first-order valence-corrected chi connectivity index (χ1v) is 7.56.